The second-order valence-corrected chi connectivity index (χ2v) is 1.03. The van der Waals surface area contributed by atoms with Crippen LogP contribution in [0.15, 0.2) is 30.5 Å². The topological polar surface area (TPSA) is 26.0 Å². The van der Waals surface area contributed by atoms with E-state index in [9.17, 15) is 0 Å². The summed E-state index contributed by atoms with van der Waals surface area (Å²) in [5.74, 6) is 0. The van der Waals surface area contributed by atoms with Gasteiger partial charge >= 0.3 is 0 Å². The first-order valence-electron chi connectivity index (χ1n) is 2.13. The summed E-state index contributed by atoms with van der Waals surface area (Å²) in [7, 11) is 0. The molecule has 0 bridgehead atoms. The monoisotopic (exact) mass is 95.1 g/mol. The molecule has 0 aromatic rings. The van der Waals surface area contributed by atoms with Gasteiger partial charge in [0, 0.05) is 6.54 Å². The van der Waals surface area contributed by atoms with Gasteiger partial charge in [-0.15, -0.1) is 5.73 Å². The summed E-state index contributed by atoms with van der Waals surface area (Å²) >= 11 is 0. The van der Waals surface area contributed by atoms with Crippen LogP contribution in [0.1, 0.15) is 0 Å². The van der Waals surface area contributed by atoms with Crippen LogP contribution in [0.5, 0.6) is 0 Å². The summed E-state index contributed by atoms with van der Waals surface area (Å²) in [4.78, 5) is 0. The van der Waals surface area contributed by atoms with E-state index in [2.05, 4.69) is 12.3 Å². The fourth-order valence-corrected chi connectivity index (χ4v) is 0.215. The molecule has 0 aliphatic rings. The fraction of sp³-hybridized carbons (Fsp3) is 0.167. The van der Waals surface area contributed by atoms with Gasteiger partial charge in [-0.05, 0) is 6.08 Å². The Morgan fingerprint density at radius 2 is 2.43 bits per heavy atom. The van der Waals surface area contributed by atoms with E-state index in [1.165, 1.54) is 0 Å². The Morgan fingerprint density at radius 3 is 2.86 bits per heavy atom. The van der Waals surface area contributed by atoms with Gasteiger partial charge in [0.2, 0.25) is 0 Å². The molecule has 0 atom stereocenters. The average Bonchev–Trinajstić information content (AvgIpc) is 1.69. The number of hydrogen-bond donors (Lipinski definition) is 1. The fourth-order valence-electron chi connectivity index (χ4n) is 0.215. The summed E-state index contributed by atoms with van der Waals surface area (Å²) in [6.45, 7) is 3.94. The van der Waals surface area contributed by atoms with Crippen molar-refractivity contribution in [3.8, 4) is 0 Å². The standard InChI is InChI=1S/C6H9N/c1-2-3-4-5-6-7/h3-5H,1,6-7H2/b5-4-. The van der Waals surface area contributed by atoms with E-state index >= 15 is 0 Å². The van der Waals surface area contributed by atoms with Crippen LogP contribution in [0, 0.1) is 0 Å². The van der Waals surface area contributed by atoms with Gasteiger partial charge in [0.15, 0.2) is 0 Å². The van der Waals surface area contributed by atoms with Crippen molar-refractivity contribution in [3.05, 3.63) is 30.5 Å². The lowest BCUT2D eigenvalue weighted by Gasteiger charge is -1.69. The van der Waals surface area contributed by atoms with Crippen molar-refractivity contribution in [1.82, 2.24) is 0 Å². The van der Waals surface area contributed by atoms with Gasteiger partial charge in [0.05, 0.1) is 0 Å². The molecular weight excluding hydrogens is 86.1 g/mol. The third-order valence-electron chi connectivity index (χ3n) is 0.486. The van der Waals surface area contributed by atoms with Crippen molar-refractivity contribution in [3.63, 3.8) is 0 Å². The van der Waals surface area contributed by atoms with Crippen molar-refractivity contribution in [2.24, 2.45) is 5.73 Å². The maximum Gasteiger partial charge on any atom is 0.0110 e. The molecule has 7 heavy (non-hydrogen) atoms. The van der Waals surface area contributed by atoms with E-state index in [0.717, 1.165) is 0 Å². The normalized spacial score (nSPS) is 8.71. The minimum absolute atomic E-state index is 0.582. The molecule has 0 aromatic heterocycles. The first-order valence-corrected chi connectivity index (χ1v) is 2.13. The molecule has 38 valence electrons. The average molecular weight is 95.1 g/mol. The Morgan fingerprint density at radius 1 is 1.71 bits per heavy atom. The summed E-state index contributed by atoms with van der Waals surface area (Å²) in [5, 5.41) is 0. The second-order valence-electron chi connectivity index (χ2n) is 1.03. The van der Waals surface area contributed by atoms with Crippen LogP contribution in [-0.2, 0) is 0 Å². The van der Waals surface area contributed by atoms with E-state index in [-0.39, 0.29) is 0 Å². The molecule has 1 heteroatoms. The molecule has 1 nitrogen and oxygen atoms in total. The quantitative estimate of drug-likeness (QED) is 0.399. The van der Waals surface area contributed by atoms with Crippen LogP contribution in [0.2, 0.25) is 0 Å². The zero-order valence-corrected chi connectivity index (χ0v) is 4.22. The SMILES string of the molecule is C=C=C/C=C\CN. The van der Waals surface area contributed by atoms with Gasteiger partial charge in [0.1, 0.15) is 0 Å². The van der Waals surface area contributed by atoms with Gasteiger partial charge in [-0.1, -0.05) is 18.7 Å². The molecule has 0 unspecified atom stereocenters. The summed E-state index contributed by atoms with van der Waals surface area (Å²) < 4.78 is 0. The van der Waals surface area contributed by atoms with E-state index < -0.39 is 0 Å². The lowest BCUT2D eigenvalue weighted by molar-refractivity contribution is 1.25. The smallest absolute Gasteiger partial charge is 0.0110 e. The highest BCUT2D eigenvalue weighted by Gasteiger charge is 1.56. The first-order chi connectivity index (χ1) is 3.41. The van der Waals surface area contributed by atoms with Gasteiger partial charge in [-0.2, -0.15) is 0 Å². The van der Waals surface area contributed by atoms with E-state index in [1.807, 2.05) is 12.2 Å². The highest BCUT2D eigenvalue weighted by atomic mass is 14.5. The second kappa shape index (κ2) is 5.22. The maximum absolute atomic E-state index is 5.11. The van der Waals surface area contributed by atoms with Crippen LogP contribution in [0.25, 0.3) is 0 Å². The van der Waals surface area contributed by atoms with Crippen molar-refractivity contribution in [1.29, 1.82) is 0 Å². The maximum atomic E-state index is 5.11. The number of hydrogen-bond acceptors (Lipinski definition) is 1. The zero-order chi connectivity index (χ0) is 5.54. The molecule has 0 radical (unpaired) electrons. The minimum Gasteiger partial charge on any atom is -0.327 e. The predicted octanol–water partition coefficient (Wildman–Crippen LogP) is 0.842. The minimum atomic E-state index is 0.582. The number of allylic oxidation sites excluding steroid dienone is 2. The van der Waals surface area contributed by atoms with E-state index in [1.54, 1.807) is 6.08 Å². The Hall–Kier alpha value is -0.780. The highest BCUT2D eigenvalue weighted by molar-refractivity contribution is 5.00. The lowest BCUT2D eigenvalue weighted by Crippen LogP contribution is -1.91. The third-order valence-corrected chi connectivity index (χ3v) is 0.486. The predicted molar refractivity (Wildman–Crippen MR) is 31.9 cm³/mol. The summed E-state index contributed by atoms with van der Waals surface area (Å²) in [6, 6.07) is 0. The van der Waals surface area contributed by atoms with Crippen molar-refractivity contribution in [2.45, 2.75) is 0 Å². The number of rotatable bonds is 2. The van der Waals surface area contributed by atoms with Gasteiger partial charge in [-0.25, -0.2) is 0 Å². The van der Waals surface area contributed by atoms with Crippen molar-refractivity contribution in [2.75, 3.05) is 6.54 Å². The van der Waals surface area contributed by atoms with Gasteiger partial charge < -0.3 is 5.73 Å². The molecule has 0 rings (SSSR count). The largest absolute Gasteiger partial charge is 0.327 e. The molecule has 0 aliphatic carbocycles. The lowest BCUT2D eigenvalue weighted by atomic mass is 10.5. The van der Waals surface area contributed by atoms with Crippen LogP contribution < -0.4 is 5.73 Å². The molecule has 0 heterocycles. The molecule has 0 amide bonds. The Kier molecular flexibility index (Phi) is 4.64. The molecule has 0 spiro atoms. The Labute approximate surface area is 43.8 Å². The van der Waals surface area contributed by atoms with E-state index in [4.69, 9.17) is 5.73 Å². The van der Waals surface area contributed by atoms with Crippen molar-refractivity contribution < 1.29 is 0 Å². The summed E-state index contributed by atoms with van der Waals surface area (Å²) in [6.07, 6.45) is 5.36. The Bertz CT molecular complexity index is 96.7. The number of nitrogens with two attached hydrogens (primary N) is 1. The van der Waals surface area contributed by atoms with Gasteiger partial charge in [-0.3, -0.25) is 0 Å². The molecule has 0 saturated carbocycles. The highest BCUT2D eigenvalue weighted by Crippen LogP contribution is 1.67. The third kappa shape index (κ3) is 5.22. The van der Waals surface area contributed by atoms with Gasteiger partial charge in [0.25, 0.3) is 0 Å². The Balaban J connectivity index is 3.27. The summed E-state index contributed by atoms with van der Waals surface area (Å²) in [5.41, 5.74) is 7.70. The van der Waals surface area contributed by atoms with Crippen LogP contribution in [0.3, 0.4) is 0 Å². The zero-order valence-electron chi connectivity index (χ0n) is 4.22. The molecule has 0 aromatic carbocycles. The molecule has 2 N–H and O–H groups in total. The van der Waals surface area contributed by atoms with Crippen LogP contribution in [0.4, 0.5) is 0 Å². The molecule has 0 saturated heterocycles. The molecular formula is C6H9N. The van der Waals surface area contributed by atoms with Crippen molar-refractivity contribution >= 4 is 0 Å². The van der Waals surface area contributed by atoms with Crippen LogP contribution >= 0.6 is 0 Å². The first kappa shape index (κ1) is 6.22. The molecule has 0 aliphatic heterocycles. The van der Waals surface area contributed by atoms with E-state index in [0.29, 0.717) is 6.54 Å². The molecule has 0 fully saturated rings. The van der Waals surface area contributed by atoms with Crippen LogP contribution in [-0.4, -0.2) is 6.54 Å².